The summed E-state index contributed by atoms with van der Waals surface area (Å²) in [5, 5.41) is 20.2. The summed E-state index contributed by atoms with van der Waals surface area (Å²) in [5.41, 5.74) is 1.51. The molecule has 0 spiro atoms. The fourth-order valence-corrected chi connectivity index (χ4v) is 2.84. The van der Waals surface area contributed by atoms with Gasteiger partial charge in [-0.15, -0.1) is 0 Å². The molecule has 1 N–H and O–H groups in total. The molecule has 2 aromatic rings. The number of halogens is 1. The molecule has 1 aromatic carbocycles. The lowest BCUT2D eigenvalue weighted by molar-refractivity contribution is -0.384. The molecule has 0 amide bonds. The van der Waals surface area contributed by atoms with Crippen LogP contribution in [-0.2, 0) is 0 Å². The monoisotopic (exact) mass is 350 g/mol. The minimum absolute atomic E-state index is 0.0198. The average molecular weight is 351 g/mol. The molecule has 1 aromatic heterocycles. The van der Waals surface area contributed by atoms with E-state index in [1.807, 2.05) is 0 Å². The fraction of sp³-hybridized carbons (Fsp3) is 0.214. The second kappa shape index (κ2) is 5.00. The summed E-state index contributed by atoms with van der Waals surface area (Å²) in [6, 6.07) is 7.89. The highest BCUT2D eigenvalue weighted by atomic mass is 79.9. The number of rotatable bonds is 4. The van der Waals surface area contributed by atoms with Crippen LogP contribution in [0, 0.1) is 10.1 Å². The second-order valence-electron chi connectivity index (χ2n) is 4.93. The predicted octanol–water partition coefficient (Wildman–Crippen LogP) is 3.86. The molecule has 1 aliphatic carbocycles. The van der Waals surface area contributed by atoms with Crippen molar-refractivity contribution >= 4 is 27.6 Å². The summed E-state index contributed by atoms with van der Waals surface area (Å²) < 4.78 is 2.46. The molecule has 0 unspecified atom stereocenters. The third kappa shape index (κ3) is 2.44. The molecule has 0 saturated heterocycles. The third-order valence-electron chi connectivity index (χ3n) is 3.49. The van der Waals surface area contributed by atoms with Crippen molar-refractivity contribution in [2.24, 2.45) is 0 Å². The normalized spacial score (nSPS) is 14.1. The van der Waals surface area contributed by atoms with Gasteiger partial charge < -0.3 is 9.67 Å². The van der Waals surface area contributed by atoms with E-state index in [9.17, 15) is 20.0 Å². The fourth-order valence-electron chi connectivity index (χ4n) is 2.39. The van der Waals surface area contributed by atoms with Gasteiger partial charge in [0.2, 0.25) is 0 Å². The molecule has 0 bridgehead atoms. The van der Waals surface area contributed by atoms with E-state index < -0.39 is 10.9 Å². The Morgan fingerprint density at radius 3 is 2.62 bits per heavy atom. The molecule has 0 atom stereocenters. The largest absolute Gasteiger partial charge is 0.477 e. The number of carbonyl (C=O) groups is 1. The maximum Gasteiger partial charge on any atom is 0.352 e. The first-order chi connectivity index (χ1) is 9.99. The second-order valence-corrected chi connectivity index (χ2v) is 5.79. The van der Waals surface area contributed by atoms with Crippen molar-refractivity contribution in [3.8, 4) is 11.3 Å². The molecule has 0 radical (unpaired) electrons. The van der Waals surface area contributed by atoms with Crippen molar-refractivity contribution in [1.29, 1.82) is 0 Å². The van der Waals surface area contributed by atoms with E-state index in [0.717, 1.165) is 12.8 Å². The number of non-ortho nitro benzene ring substituents is 1. The molecule has 0 aliphatic heterocycles. The quantitative estimate of drug-likeness (QED) is 0.670. The summed E-state index contributed by atoms with van der Waals surface area (Å²) >= 11 is 3.38. The van der Waals surface area contributed by atoms with E-state index in [-0.39, 0.29) is 17.4 Å². The Kier molecular flexibility index (Phi) is 3.29. The number of carboxylic acid groups (broad SMARTS) is 1. The first kappa shape index (κ1) is 13.8. The van der Waals surface area contributed by atoms with E-state index >= 15 is 0 Å². The number of carboxylic acids is 1. The van der Waals surface area contributed by atoms with Crippen molar-refractivity contribution in [3.05, 3.63) is 50.6 Å². The van der Waals surface area contributed by atoms with Gasteiger partial charge in [-0.25, -0.2) is 4.79 Å². The predicted molar refractivity (Wildman–Crippen MR) is 79.5 cm³/mol. The maximum atomic E-state index is 11.3. The van der Waals surface area contributed by atoms with E-state index in [1.165, 1.54) is 12.1 Å². The van der Waals surface area contributed by atoms with Gasteiger partial charge in [0.05, 0.1) is 10.6 Å². The number of aromatic nitrogens is 1. The average Bonchev–Trinajstić information content (AvgIpc) is 3.17. The summed E-state index contributed by atoms with van der Waals surface area (Å²) in [6.45, 7) is 0. The molecule has 3 rings (SSSR count). The molecule has 1 heterocycles. The summed E-state index contributed by atoms with van der Waals surface area (Å²) in [7, 11) is 0. The molecular weight excluding hydrogens is 340 g/mol. The molecule has 1 fully saturated rings. The van der Waals surface area contributed by atoms with Gasteiger partial charge in [-0.2, -0.15) is 0 Å². The van der Waals surface area contributed by atoms with Crippen LogP contribution in [-0.4, -0.2) is 20.6 Å². The number of hydrogen-bond acceptors (Lipinski definition) is 3. The van der Waals surface area contributed by atoms with E-state index in [4.69, 9.17) is 0 Å². The first-order valence-corrected chi connectivity index (χ1v) is 7.17. The number of benzene rings is 1. The van der Waals surface area contributed by atoms with Crippen LogP contribution in [0.25, 0.3) is 11.3 Å². The Bertz CT molecular complexity index is 749. The minimum Gasteiger partial charge on any atom is -0.477 e. The smallest absolute Gasteiger partial charge is 0.352 e. The van der Waals surface area contributed by atoms with Gasteiger partial charge in [-0.1, -0.05) is 15.9 Å². The highest BCUT2D eigenvalue weighted by Gasteiger charge is 2.30. The van der Waals surface area contributed by atoms with Crippen LogP contribution in [0.15, 0.2) is 34.8 Å². The Balaban J connectivity index is 2.19. The summed E-state index contributed by atoms with van der Waals surface area (Å²) in [5.74, 6) is -0.991. The zero-order valence-electron chi connectivity index (χ0n) is 10.8. The zero-order valence-corrected chi connectivity index (χ0v) is 12.4. The topological polar surface area (TPSA) is 85.4 Å². The van der Waals surface area contributed by atoms with Crippen LogP contribution in [0.1, 0.15) is 29.4 Å². The van der Waals surface area contributed by atoms with E-state index in [2.05, 4.69) is 15.9 Å². The lowest BCUT2D eigenvalue weighted by atomic mass is 10.1. The molecule has 6 nitrogen and oxygen atoms in total. The van der Waals surface area contributed by atoms with Gasteiger partial charge >= 0.3 is 5.97 Å². The molecule has 108 valence electrons. The van der Waals surface area contributed by atoms with Gasteiger partial charge in [0, 0.05) is 28.2 Å². The highest BCUT2D eigenvalue weighted by molar-refractivity contribution is 9.10. The molecular formula is C14H11BrN2O4. The van der Waals surface area contributed by atoms with Gasteiger partial charge in [-0.05, 0) is 31.0 Å². The lowest BCUT2D eigenvalue weighted by Gasteiger charge is -2.12. The number of hydrogen-bond donors (Lipinski definition) is 1. The van der Waals surface area contributed by atoms with Crippen molar-refractivity contribution in [2.75, 3.05) is 0 Å². The minimum atomic E-state index is -0.991. The molecule has 21 heavy (non-hydrogen) atoms. The number of nitro groups is 1. The number of nitro benzene ring substituents is 1. The van der Waals surface area contributed by atoms with Crippen LogP contribution in [0.2, 0.25) is 0 Å². The standard InChI is InChI=1S/C14H11BrN2O4/c15-11-4-3-9(17(20)21)7-10(11)12-5-6-13(14(18)19)16(12)8-1-2-8/h3-8H,1-2H2,(H,18,19). The van der Waals surface area contributed by atoms with Gasteiger partial charge in [0.1, 0.15) is 5.69 Å². The van der Waals surface area contributed by atoms with Gasteiger partial charge in [0.15, 0.2) is 0 Å². The highest BCUT2D eigenvalue weighted by Crippen LogP contribution is 2.42. The summed E-state index contributed by atoms with van der Waals surface area (Å²) in [6.07, 6.45) is 1.85. The molecule has 1 aliphatic rings. The lowest BCUT2D eigenvalue weighted by Crippen LogP contribution is -2.08. The SMILES string of the molecule is O=C(O)c1ccc(-c2cc([N+](=O)[O-])ccc2Br)n1C1CC1. The van der Waals surface area contributed by atoms with E-state index in [0.29, 0.717) is 15.7 Å². The van der Waals surface area contributed by atoms with E-state index in [1.54, 1.807) is 22.8 Å². The van der Waals surface area contributed by atoms with Crippen LogP contribution in [0.4, 0.5) is 5.69 Å². The third-order valence-corrected chi connectivity index (χ3v) is 4.18. The molecule has 1 saturated carbocycles. The Morgan fingerprint density at radius 1 is 1.33 bits per heavy atom. The van der Waals surface area contributed by atoms with Crippen LogP contribution in [0.3, 0.4) is 0 Å². The van der Waals surface area contributed by atoms with Gasteiger partial charge in [0.25, 0.3) is 5.69 Å². The Morgan fingerprint density at radius 2 is 2.05 bits per heavy atom. The summed E-state index contributed by atoms with van der Waals surface area (Å²) in [4.78, 5) is 21.8. The van der Waals surface area contributed by atoms with Crippen molar-refractivity contribution in [1.82, 2.24) is 4.57 Å². The number of aromatic carboxylic acids is 1. The van der Waals surface area contributed by atoms with Crippen molar-refractivity contribution < 1.29 is 14.8 Å². The van der Waals surface area contributed by atoms with Crippen molar-refractivity contribution in [3.63, 3.8) is 0 Å². The van der Waals surface area contributed by atoms with Crippen LogP contribution < -0.4 is 0 Å². The number of nitrogens with zero attached hydrogens (tertiary/aromatic N) is 2. The Hall–Kier alpha value is -2.15. The van der Waals surface area contributed by atoms with Crippen LogP contribution >= 0.6 is 15.9 Å². The first-order valence-electron chi connectivity index (χ1n) is 6.38. The van der Waals surface area contributed by atoms with Crippen LogP contribution in [0.5, 0.6) is 0 Å². The van der Waals surface area contributed by atoms with Crippen molar-refractivity contribution in [2.45, 2.75) is 18.9 Å². The zero-order chi connectivity index (χ0) is 15.1. The maximum absolute atomic E-state index is 11.3. The molecule has 7 heteroatoms. The Labute approximate surface area is 128 Å². The van der Waals surface area contributed by atoms with Gasteiger partial charge in [-0.3, -0.25) is 10.1 Å².